The second-order valence-electron chi connectivity index (χ2n) is 5.28. The van der Waals surface area contributed by atoms with Crippen molar-refractivity contribution in [3.63, 3.8) is 0 Å². The fraction of sp³-hybridized carbons (Fsp3) is 0.500. The second-order valence-corrected chi connectivity index (χ2v) is 5.28. The molecule has 0 radical (unpaired) electrons. The summed E-state index contributed by atoms with van der Waals surface area (Å²) in [4.78, 5) is 0. The van der Waals surface area contributed by atoms with E-state index in [9.17, 15) is 0 Å². The summed E-state index contributed by atoms with van der Waals surface area (Å²) in [7, 11) is 0. The van der Waals surface area contributed by atoms with Crippen LogP contribution >= 0.6 is 0 Å². The van der Waals surface area contributed by atoms with Crippen LogP contribution < -0.4 is 0 Å². The molecular formula is C16H22. The zero-order valence-electron chi connectivity index (χ0n) is 10.8. The van der Waals surface area contributed by atoms with Crippen LogP contribution in [0.2, 0.25) is 0 Å². The zero-order valence-corrected chi connectivity index (χ0v) is 10.8. The maximum atomic E-state index is 2.40. The highest BCUT2D eigenvalue weighted by Crippen LogP contribution is 2.48. The Balaban J connectivity index is 2.34. The van der Waals surface area contributed by atoms with E-state index in [0.717, 1.165) is 0 Å². The van der Waals surface area contributed by atoms with Crippen LogP contribution in [0.5, 0.6) is 0 Å². The zero-order chi connectivity index (χ0) is 11.8. The molecule has 0 heteroatoms. The van der Waals surface area contributed by atoms with Crippen LogP contribution in [-0.4, -0.2) is 0 Å². The molecule has 2 atom stereocenters. The summed E-state index contributed by atoms with van der Waals surface area (Å²) in [6, 6.07) is 0. The molecule has 0 aromatic carbocycles. The Morgan fingerprint density at radius 1 is 1.00 bits per heavy atom. The van der Waals surface area contributed by atoms with E-state index in [2.05, 4.69) is 64.2 Å². The maximum absolute atomic E-state index is 2.40. The van der Waals surface area contributed by atoms with Gasteiger partial charge >= 0.3 is 0 Å². The minimum atomic E-state index is 0.242. The van der Waals surface area contributed by atoms with Gasteiger partial charge in [0, 0.05) is 5.41 Å². The molecule has 2 unspecified atom stereocenters. The standard InChI is InChI=1S/C16H22/c1-5-16(4,14-10-6-8-12(14)2)15-11-7-9-13(15)3/h6-13H,5H2,1-4H3. The molecule has 0 amide bonds. The molecule has 0 nitrogen and oxygen atoms in total. The summed E-state index contributed by atoms with van der Waals surface area (Å²) >= 11 is 0. The van der Waals surface area contributed by atoms with Gasteiger partial charge in [0.15, 0.2) is 0 Å². The highest BCUT2D eigenvalue weighted by molar-refractivity contribution is 5.43. The molecule has 0 heterocycles. The monoisotopic (exact) mass is 214 g/mol. The molecule has 0 aliphatic heterocycles. The van der Waals surface area contributed by atoms with Crippen molar-refractivity contribution < 1.29 is 0 Å². The Morgan fingerprint density at radius 3 is 1.69 bits per heavy atom. The van der Waals surface area contributed by atoms with Crippen LogP contribution in [0.1, 0.15) is 34.1 Å². The van der Waals surface area contributed by atoms with Crippen LogP contribution in [0, 0.1) is 17.3 Å². The summed E-state index contributed by atoms with van der Waals surface area (Å²) < 4.78 is 0. The normalized spacial score (nSPS) is 31.5. The minimum Gasteiger partial charge on any atom is -0.0776 e. The third kappa shape index (κ3) is 1.61. The lowest BCUT2D eigenvalue weighted by molar-refractivity contribution is 0.405. The van der Waals surface area contributed by atoms with Crippen molar-refractivity contribution in [1.82, 2.24) is 0 Å². The lowest BCUT2D eigenvalue weighted by Gasteiger charge is -2.36. The second kappa shape index (κ2) is 4.08. The van der Waals surface area contributed by atoms with Gasteiger partial charge in [-0.2, -0.15) is 0 Å². The van der Waals surface area contributed by atoms with Gasteiger partial charge in [0.25, 0.3) is 0 Å². The van der Waals surface area contributed by atoms with Crippen LogP contribution in [0.25, 0.3) is 0 Å². The molecule has 0 saturated carbocycles. The van der Waals surface area contributed by atoms with Crippen molar-refractivity contribution in [2.24, 2.45) is 17.3 Å². The van der Waals surface area contributed by atoms with Gasteiger partial charge in [-0.3, -0.25) is 0 Å². The largest absolute Gasteiger partial charge is 0.0776 e. The fourth-order valence-electron chi connectivity index (χ4n) is 3.11. The average Bonchev–Trinajstić information content (AvgIpc) is 2.86. The summed E-state index contributed by atoms with van der Waals surface area (Å²) in [5.41, 5.74) is 3.40. The van der Waals surface area contributed by atoms with Gasteiger partial charge in [0.05, 0.1) is 0 Å². The van der Waals surface area contributed by atoms with E-state index in [4.69, 9.17) is 0 Å². The van der Waals surface area contributed by atoms with Gasteiger partial charge in [-0.15, -0.1) is 0 Å². The van der Waals surface area contributed by atoms with E-state index < -0.39 is 0 Å². The Morgan fingerprint density at radius 2 is 1.44 bits per heavy atom. The van der Waals surface area contributed by atoms with Crippen molar-refractivity contribution in [2.45, 2.75) is 34.1 Å². The van der Waals surface area contributed by atoms with E-state index in [-0.39, 0.29) is 5.41 Å². The third-order valence-electron chi connectivity index (χ3n) is 4.31. The summed E-state index contributed by atoms with van der Waals surface area (Å²) in [5.74, 6) is 1.19. The molecule has 0 fully saturated rings. The predicted molar refractivity (Wildman–Crippen MR) is 71.2 cm³/mol. The summed E-state index contributed by atoms with van der Waals surface area (Å²) in [6.07, 6.45) is 14.8. The lowest BCUT2D eigenvalue weighted by Crippen LogP contribution is -2.25. The third-order valence-corrected chi connectivity index (χ3v) is 4.31. The molecule has 0 aromatic heterocycles. The fourth-order valence-corrected chi connectivity index (χ4v) is 3.11. The van der Waals surface area contributed by atoms with Crippen LogP contribution in [0.15, 0.2) is 47.6 Å². The van der Waals surface area contributed by atoms with E-state index in [1.165, 1.54) is 6.42 Å². The molecule has 0 bridgehead atoms. The Hall–Kier alpha value is -1.04. The molecule has 0 aromatic rings. The molecule has 86 valence electrons. The topological polar surface area (TPSA) is 0 Å². The Bertz CT molecular complexity index is 356. The van der Waals surface area contributed by atoms with Crippen LogP contribution in [0.3, 0.4) is 0 Å². The molecule has 16 heavy (non-hydrogen) atoms. The van der Waals surface area contributed by atoms with Crippen LogP contribution in [-0.2, 0) is 0 Å². The minimum absolute atomic E-state index is 0.242. The van der Waals surface area contributed by atoms with Crippen LogP contribution in [0.4, 0.5) is 0 Å². The average molecular weight is 214 g/mol. The highest BCUT2D eigenvalue weighted by atomic mass is 14.4. The van der Waals surface area contributed by atoms with E-state index in [1.807, 2.05) is 0 Å². The van der Waals surface area contributed by atoms with Crippen molar-refractivity contribution in [3.8, 4) is 0 Å². The van der Waals surface area contributed by atoms with Crippen molar-refractivity contribution >= 4 is 0 Å². The van der Waals surface area contributed by atoms with Gasteiger partial charge in [0.2, 0.25) is 0 Å². The Kier molecular flexibility index (Phi) is 2.92. The SMILES string of the molecule is CCC(C)(C1=CC=CC1C)C1=CC=CC1C. The number of rotatable bonds is 3. The quantitative estimate of drug-likeness (QED) is 0.640. The summed E-state index contributed by atoms with van der Waals surface area (Å²) in [6.45, 7) is 9.31. The first-order valence-corrected chi connectivity index (χ1v) is 6.37. The molecule has 0 spiro atoms. The van der Waals surface area contributed by atoms with Crippen molar-refractivity contribution in [1.29, 1.82) is 0 Å². The van der Waals surface area contributed by atoms with Gasteiger partial charge in [-0.05, 0) is 18.3 Å². The number of allylic oxidation sites excluding steroid dienone is 8. The maximum Gasteiger partial charge on any atom is 0.0107 e. The van der Waals surface area contributed by atoms with Gasteiger partial charge in [-0.1, -0.05) is 75.3 Å². The first-order valence-electron chi connectivity index (χ1n) is 6.37. The van der Waals surface area contributed by atoms with Gasteiger partial charge in [0.1, 0.15) is 0 Å². The molecular weight excluding hydrogens is 192 g/mol. The number of hydrogen-bond acceptors (Lipinski definition) is 0. The van der Waals surface area contributed by atoms with E-state index in [0.29, 0.717) is 11.8 Å². The first kappa shape index (κ1) is 11.4. The molecule has 2 aliphatic carbocycles. The molecule has 2 aliphatic rings. The number of hydrogen-bond donors (Lipinski definition) is 0. The predicted octanol–water partition coefficient (Wildman–Crippen LogP) is 4.67. The van der Waals surface area contributed by atoms with Crippen molar-refractivity contribution in [2.75, 3.05) is 0 Å². The molecule has 0 saturated heterocycles. The van der Waals surface area contributed by atoms with E-state index in [1.54, 1.807) is 11.1 Å². The smallest absolute Gasteiger partial charge is 0.0107 e. The molecule has 0 N–H and O–H groups in total. The highest BCUT2D eigenvalue weighted by Gasteiger charge is 2.36. The first-order chi connectivity index (χ1) is 7.59. The van der Waals surface area contributed by atoms with Gasteiger partial charge in [-0.25, -0.2) is 0 Å². The molecule has 2 rings (SSSR count). The van der Waals surface area contributed by atoms with Crippen molar-refractivity contribution in [3.05, 3.63) is 47.6 Å². The lowest BCUT2D eigenvalue weighted by atomic mass is 9.67. The Labute approximate surface area is 99.4 Å². The van der Waals surface area contributed by atoms with E-state index >= 15 is 0 Å². The van der Waals surface area contributed by atoms with Gasteiger partial charge < -0.3 is 0 Å². The summed E-state index contributed by atoms with van der Waals surface area (Å²) in [5, 5.41) is 0.